The molecule has 18 heavy (non-hydrogen) atoms. The fourth-order valence-electron chi connectivity index (χ4n) is 1.81. The van der Waals surface area contributed by atoms with Crippen LogP contribution in [-0.4, -0.2) is 21.9 Å². The van der Waals surface area contributed by atoms with E-state index in [2.05, 4.69) is 26.7 Å². The number of imidazole rings is 1. The van der Waals surface area contributed by atoms with Gasteiger partial charge in [-0.15, -0.1) is 0 Å². The minimum absolute atomic E-state index is 0.0597. The van der Waals surface area contributed by atoms with E-state index in [4.69, 9.17) is 5.73 Å². The third kappa shape index (κ3) is 2.89. The molecule has 4 N–H and O–H groups in total. The summed E-state index contributed by atoms with van der Waals surface area (Å²) in [5, 5.41) is 7.03. The second-order valence-electron chi connectivity index (χ2n) is 4.31. The lowest BCUT2D eigenvalue weighted by Gasteiger charge is -2.12. The molecule has 0 aromatic carbocycles. The molecular formula is C12H16N4OS. The van der Waals surface area contributed by atoms with Gasteiger partial charge in [0.25, 0.3) is 5.91 Å². The topological polar surface area (TPSA) is 83.8 Å². The van der Waals surface area contributed by atoms with Gasteiger partial charge in [0.05, 0.1) is 0 Å². The second kappa shape index (κ2) is 5.22. The first-order valence-electron chi connectivity index (χ1n) is 5.70. The number of nitrogen functional groups attached to an aromatic ring is 1. The van der Waals surface area contributed by atoms with Crippen LogP contribution in [0.5, 0.6) is 0 Å². The van der Waals surface area contributed by atoms with Crippen molar-refractivity contribution in [2.45, 2.75) is 26.3 Å². The van der Waals surface area contributed by atoms with Crippen molar-refractivity contribution in [1.82, 2.24) is 15.3 Å². The van der Waals surface area contributed by atoms with Crippen LogP contribution in [0, 0.1) is 6.92 Å². The Balaban J connectivity index is 1.97. The van der Waals surface area contributed by atoms with Crippen molar-refractivity contribution in [2.75, 3.05) is 5.73 Å². The van der Waals surface area contributed by atoms with Crippen molar-refractivity contribution >= 4 is 23.2 Å². The largest absolute Gasteiger partial charge is 0.369 e. The van der Waals surface area contributed by atoms with Crippen LogP contribution in [0.2, 0.25) is 0 Å². The van der Waals surface area contributed by atoms with Crippen LogP contribution in [0.4, 0.5) is 5.95 Å². The van der Waals surface area contributed by atoms with Gasteiger partial charge in [-0.1, -0.05) is 0 Å². The Morgan fingerprint density at radius 2 is 2.44 bits per heavy atom. The highest BCUT2D eigenvalue weighted by Crippen LogP contribution is 2.10. The van der Waals surface area contributed by atoms with E-state index in [1.807, 2.05) is 12.3 Å². The second-order valence-corrected chi connectivity index (χ2v) is 5.09. The summed E-state index contributed by atoms with van der Waals surface area (Å²) in [6, 6.07) is 2.12. The Kier molecular flexibility index (Phi) is 3.66. The van der Waals surface area contributed by atoms with E-state index in [0.29, 0.717) is 11.4 Å². The normalized spacial score (nSPS) is 12.3. The molecule has 1 unspecified atom stereocenters. The molecule has 0 saturated carbocycles. The van der Waals surface area contributed by atoms with Crippen molar-refractivity contribution in [2.24, 2.45) is 0 Å². The van der Waals surface area contributed by atoms with Gasteiger partial charge in [0, 0.05) is 11.7 Å². The Labute approximate surface area is 109 Å². The quantitative estimate of drug-likeness (QED) is 0.786. The number of hydrogen-bond acceptors (Lipinski definition) is 4. The molecule has 0 bridgehead atoms. The minimum Gasteiger partial charge on any atom is -0.369 e. The SMILES string of the molecule is Cc1[nH]c(N)nc1C(=O)NC(C)Cc1ccsc1. The third-order valence-corrected chi connectivity index (χ3v) is 3.35. The number of carbonyl (C=O) groups is 1. The van der Waals surface area contributed by atoms with E-state index >= 15 is 0 Å². The van der Waals surface area contributed by atoms with Crippen molar-refractivity contribution < 1.29 is 4.79 Å². The fraction of sp³-hybridized carbons (Fsp3) is 0.333. The van der Waals surface area contributed by atoms with Crippen molar-refractivity contribution in [3.8, 4) is 0 Å². The molecule has 5 nitrogen and oxygen atoms in total. The van der Waals surface area contributed by atoms with E-state index in [1.165, 1.54) is 5.56 Å². The van der Waals surface area contributed by atoms with Crippen molar-refractivity contribution in [1.29, 1.82) is 0 Å². The lowest BCUT2D eigenvalue weighted by molar-refractivity contribution is 0.0935. The number of aromatic amines is 1. The van der Waals surface area contributed by atoms with Gasteiger partial charge in [0.2, 0.25) is 0 Å². The monoisotopic (exact) mass is 264 g/mol. The van der Waals surface area contributed by atoms with Gasteiger partial charge in [-0.05, 0) is 42.7 Å². The molecule has 1 amide bonds. The first kappa shape index (κ1) is 12.6. The lowest BCUT2D eigenvalue weighted by atomic mass is 10.1. The van der Waals surface area contributed by atoms with Gasteiger partial charge >= 0.3 is 0 Å². The lowest BCUT2D eigenvalue weighted by Crippen LogP contribution is -2.34. The minimum atomic E-state index is -0.192. The smallest absolute Gasteiger partial charge is 0.272 e. The summed E-state index contributed by atoms with van der Waals surface area (Å²) >= 11 is 1.66. The molecule has 0 radical (unpaired) electrons. The predicted molar refractivity (Wildman–Crippen MR) is 72.7 cm³/mol. The standard InChI is InChI=1S/C12H16N4OS/c1-7(5-9-3-4-18-6-9)14-11(17)10-8(2)15-12(13)16-10/h3-4,6-7H,5H2,1-2H3,(H,14,17)(H3,13,15,16). The highest BCUT2D eigenvalue weighted by atomic mass is 32.1. The average molecular weight is 264 g/mol. The maximum Gasteiger partial charge on any atom is 0.272 e. The summed E-state index contributed by atoms with van der Waals surface area (Å²) in [5.41, 5.74) is 7.79. The molecule has 2 rings (SSSR count). The number of nitrogens with two attached hydrogens (primary N) is 1. The molecule has 0 fully saturated rings. The maximum absolute atomic E-state index is 12.0. The highest BCUT2D eigenvalue weighted by molar-refractivity contribution is 7.07. The van der Waals surface area contributed by atoms with Gasteiger partial charge in [-0.25, -0.2) is 4.98 Å². The van der Waals surface area contributed by atoms with Crippen molar-refractivity contribution in [3.05, 3.63) is 33.8 Å². The van der Waals surface area contributed by atoms with Crippen LogP contribution in [0.3, 0.4) is 0 Å². The number of hydrogen-bond donors (Lipinski definition) is 3. The van der Waals surface area contributed by atoms with E-state index in [9.17, 15) is 4.79 Å². The molecule has 6 heteroatoms. The number of rotatable bonds is 4. The summed E-state index contributed by atoms with van der Waals surface area (Å²) < 4.78 is 0. The predicted octanol–water partition coefficient (Wildman–Crippen LogP) is 1.72. The van der Waals surface area contributed by atoms with Gasteiger partial charge < -0.3 is 16.0 Å². The van der Waals surface area contributed by atoms with Crippen molar-refractivity contribution in [3.63, 3.8) is 0 Å². The first-order valence-corrected chi connectivity index (χ1v) is 6.64. The number of carbonyl (C=O) groups excluding carboxylic acids is 1. The van der Waals surface area contributed by atoms with Crippen LogP contribution in [0.1, 0.15) is 28.7 Å². The van der Waals surface area contributed by atoms with Gasteiger partial charge in [-0.2, -0.15) is 11.3 Å². The zero-order valence-corrected chi connectivity index (χ0v) is 11.2. The van der Waals surface area contributed by atoms with Crippen LogP contribution < -0.4 is 11.1 Å². The van der Waals surface area contributed by atoms with E-state index in [-0.39, 0.29) is 17.9 Å². The van der Waals surface area contributed by atoms with E-state index in [1.54, 1.807) is 18.3 Å². The number of amides is 1. The molecule has 0 aliphatic carbocycles. The van der Waals surface area contributed by atoms with Crippen LogP contribution in [0.25, 0.3) is 0 Å². The average Bonchev–Trinajstić information content (AvgIpc) is 2.88. The summed E-state index contributed by atoms with van der Waals surface area (Å²) in [4.78, 5) is 18.8. The molecule has 2 aromatic heterocycles. The van der Waals surface area contributed by atoms with Gasteiger partial charge in [0.15, 0.2) is 11.6 Å². The first-order chi connectivity index (χ1) is 8.56. The number of H-pyrrole nitrogens is 1. The van der Waals surface area contributed by atoms with Crippen LogP contribution in [-0.2, 0) is 6.42 Å². The Bertz CT molecular complexity index is 532. The summed E-state index contributed by atoms with van der Waals surface area (Å²) in [5.74, 6) is 0.0753. The van der Waals surface area contributed by atoms with E-state index in [0.717, 1.165) is 6.42 Å². The maximum atomic E-state index is 12.0. The molecule has 2 aromatic rings. The van der Waals surface area contributed by atoms with Crippen LogP contribution in [0.15, 0.2) is 16.8 Å². The summed E-state index contributed by atoms with van der Waals surface area (Å²) in [6.45, 7) is 3.75. The summed E-state index contributed by atoms with van der Waals surface area (Å²) in [6.07, 6.45) is 0.814. The Hall–Kier alpha value is -1.82. The molecule has 0 aliphatic heterocycles. The molecule has 0 spiro atoms. The zero-order chi connectivity index (χ0) is 13.1. The van der Waals surface area contributed by atoms with E-state index < -0.39 is 0 Å². The molecule has 1 atom stereocenters. The number of nitrogens with one attached hydrogen (secondary N) is 2. The number of anilines is 1. The molecule has 0 saturated heterocycles. The molecular weight excluding hydrogens is 248 g/mol. The number of aromatic nitrogens is 2. The van der Waals surface area contributed by atoms with Gasteiger partial charge in [-0.3, -0.25) is 4.79 Å². The summed E-state index contributed by atoms with van der Waals surface area (Å²) in [7, 11) is 0. The molecule has 2 heterocycles. The molecule has 96 valence electrons. The Morgan fingerprint density at radius 1 is 1.67 bits per heavy atom. The third-order valence-electron chi connectivity index (χ3n) is 2.62. The van der Waals surface area contributed by atoms with Gasteiger partial charge in [0.1, 0.15) is 0 Å². The Morgan fingerprint density at radius 3 is 3.00 bits per heavy atom. The zero-order valence-electron chi connectivity index (χ0n) is 10.4. The number of thiophene rings is 1. The highest BCUT2D eigenvalue weighted by Gasteiger charge is 2.16. The molecule has 0 aliphatic rings. The number of aryl methyl sites for hydroxylation is 1. The number of nitrogens with zero attached hydrogens (tertiary/aromatic N) is 1. The van der Waals surface area contributed by atoms with Crippen LogP contribution >= 0.6 is 11.3 Å². The fourth-order valence-corrected chi connectivity index (χ4v) is 2.49.